The number of rotatable bonds is 3. The minimum Gasteiger partial charge on any atom is -0.340 e. The van der Waals surface area contributed by atoms with Crippen LogP contribution in [0.25, 0.3) is 10.9 Å². The molecule has 3 rings (SSSR count). The molecule has 0 saturated carbocycles. The first kappa shape index (κ1) is 16.2. The molecule has 0 aliphatic carbocycles. The number of nitrogens with zero attached hydrogens (tertiary/aromatic N) is 3. The second kappa shape index (κ2) is 6.73. The number of anilines is 2. The van der Waals surface area contributed by atoms with Crippen molar-refractivity contribution in [1.29, 1.82) is 0 Å². The van der Waals surface area contributed by atoms with Crippen LogP contribution in [0.3, 0.4) is 0 Å². The number of non-ortho nitro benzene ring substituents is 1. The fourth-order valence-electron chi connectivity index (χ4n) is 2.08. The van der Waals surface area contributed by atoms with Crippen molar-refractivity contribution in [2.45, 2.75) is 0 Å². The largest absolute Gasteiger partial charge is 0.340 e. The molecule has 23 heavy (non-hydrogen) atoms. The Morgan fingerprint density at radius 1 is 1.17 bits per heavy atom. The number of benzene rings is 2. The van der Waals surface area contributed by atoms with Crippen LogP contribution in [0.4, 0.5) is 17.2 Å². The standard InChI is InChI=1S/C16H10N4O2.ClH/c1-2-11-4-3-5-12(8-11)19-16-14-7-6-13(20(21)22)9-15(14)17-10-18-16;/h1,3-10H,(H,17,18,19);1H. The summed E-state index contributed by atoms with van der Waals surface area (Å²) in [5, 5.41) is 14.7. The Balaban J connectivity index is 0.00000192. The van der Waals surface area contributed by atoms with Crippen LogP contribution in [-0.4, -0.2) is 14.9 Å². The number of terminal acetylenes is 1. The van der Waals surface area contributed by atoms with Crippen molar-refractivity contribution in [3.05, 3.63) is 64.5 Å². The molecule has 0 amide bonds. The molecule has 0 fully saturated rings. The van der Waals surface area contributed by atoms with E-state index < -0.39 is 4.92 Å². The van der Waals surface area contributed by atoms with Gasteiger partial charge in [-0.15, -0.1) is 18.8 Å². The molecule has 0 saturated heterocycles. The zero-order chi connectivity index (χ0) is 15.5. The number of nitro groups is 1. The first-order chi connectivity index (χ1) is 10.7. The molecule has 1 aromatic heterocycles. The van der Waals surface area contributed by atoms with Crippen LogP contribution in [0.2, 0.25) is 0 Å². The molecule has 0 bridgehead atoms. The van der Waals surface area contributed by atoms with E-state index in [1.165, 1.54) is 18.5 Å². The maximum atomic E-state index is 10.8. The fourth-order valence-corrected chi connectivity index (χ4v) is 2.08. The minimum atomic E-state index is -0.453. The third-order valence-electron chi connectivity index (χ3n) is 3.12. The molecule has 0 radical (unpaired) electrons. The molecule has 1 heterocycles. The average Bonchev–Trinajstić information content (AvgIpc) is 2.55. The lowest BCUT2D eigenvalue weighted by Gasteiger charge is -2.08. The summed E-state index contributed by atoms with van der Waals surface area (Å²) in [6, 6.07) is 11.8. The molecule has 1 N–H and O–H groups in total. The van der Waals surface area contributed by atoms with Gasteiger partial charge in [0, 0.05) is 28.8 Å². The van der Waals surface area contributed by atoms with Crippen LogP contribution in [-0.2, 0) is 0 Å². The predicted octanol–water partition coefficient (Wildman–Crippen LogP) is 3.68. The second-order valence-electron chi connectivity index (χ2n) is 4.53. The highest BCUT2D eigenvalue weighted by atomic mass is 35.5. The SMILES string of the molecule is C#Cc1cccc(Nc2ncnc3cc([N+](=O)[O-])ccc23)c1.Cl. The van der Waals surface area contributed by atoms with Gasteiger partial charge in [-0.25, -0.2) is 9.97 Å². The van der Waals surface area contributed by atoms with Crippen molar-refractivity contribution >= 4 is 40.5 Å². The number of nitrogens with one attached hydrogen (secondary N) is 1. The number of halogens is 1. The highest BCUT2D eigenvalue weighted by molar-refractivity contribution is 5.91. The van der Waals surface area contributed by atoms with Crippen molar-refractivity contribution < 1.29 is 4.92 Å². The van der Waals surface area contributed by atoms with E-state index in [4.69, 9.17) is 6.42 Å². The molecule has 0 spiro atoms. The molecule has 114 valence electrons. The van der Waals surface area contributed by atoms with Crippen LogP contribution >= 0.6 is 12.4 Å². The highest BCUT2D eigenvalue weighted by Crippen LogP contribution is 2.26. The summed E-state index contributed by atoms with van der Waals surface area (Å²) in [7, 11) is 0. The van der Waals surface area contributed by atoms with Gasteiger partial charge in [0.25, 0.3) is 5.69 Å². The number of nitro benzene ring substituents is 1. The minimum absolute atomic E-state index is 0. The molecule has 0 aliphatic rings. The van der Waals surface area contributed by atoms with E-state index in [1.54, 1.807) is 6.07 Å². The highest BCUT2D eigenvalue weighted by Gasteiger charge is 2.10. The number of hydrogen-bond donors (Lipinski definition) is 1. The quantitative estimate of drug-likeness (QED) is 0.451. The van der Waals surface area contributed by atoms with E-state index in [0.29, 0.717) is 16.7 Å². The first-order valence-electron chi connectivity index (χ1n) is 6.40. The third kappa shape index (κ3) is 3.36. The van der Waals surface area contributed by atoms with Gasteiger partial charge in [-0.05, 0) is 24.3 Å². The maximum Gasteiger partial charge on any atom is 0.271 e. The van der Waals surface area contributed by atoms with Crippen molar-refractivity contribution in [1.82, 2.24) is 9.97 Å². The third-order valence-corrected chi connectivity index (χ3v) is 3.12. The van der Waals surface area contributed by atoms with E-state index in [2.05, 4.69) is 21.2 Å². The van der Waals surface area contributed by atoms with Gasteiger partial charge < -0.3 is 5.32 Å². The van der Waals surface area contributed by atoms with E-state index in [-0.39, 0.29) is 18.1 Å². The van der Waals surface area contributed by atoms with Gasteiger partial charge >= 0.3 is 0 Å². The normalized spacial score (nSPS) is 9.70. The molecule has 6 nitrogen and oxygen atoms in total. The lowest BCUT2D eigenvalue weighted by atomic mass is 10.2. The van der Waals surface area contributed by atoms with E-state index >= 15 is 0 Å². The Kier molecular flexibility index (Phi) is 4.74. The van der Waals surface area contributed by atoms with Crippen molar-refractivity contribution in [3.8, 4) is 12.3 Å². The second-order valence-corrected chi connectivity index (χ2v) is 4.53. The Labute approximate surface area is 138 Å². The van der Waals surface area contributed by atoms with Crippen LogP contribution in [0.1, 0.15) is 5.56 Å². The fraction of sp³-hybridized carbons (Fsp3) is 0. The molecule has 7 heteroatoms. The topological polar surface area (TPSA) is 81.0 Å². The number of hydrogen-bond acceptors (Lipinski definition) is 5. The molecular formula is C16H11ClN4O2. The Morgan fingerprint density at radius 2 is 2.00 bits per heavy atom. The summed E-state index contributed by atoms with van der Waals surface area (Å²) in [5.41, 5.74) is 2.03. The van der Waals surface area contributed by atoms with E-state index in [1.807, 2.05) is 24.3 Å². The van der Waals surface area contributed by atoms with Crippen LogP contribution in [0.15, 0.2) is 48.8 Å². The molecule has 3 aromatic rings. The summed E-state index contributed by atoms with van der Waals surface area (Å²) in [5.74, 6) is 3.13. The lowest BCUT2D eigenvalue weighted by molar-refractivity contribution is -0.384. The Hall–Kier alpha value is -3.17. The molecule has 0 atom stereocenters. The van der Waals surface area contributed by atoms with Gasteiger partial charge in [0.15, 0.2) is 0 Å². The summed E-state index contributed by atoms with van der Waals surface area (Å²) < 4.78 is 0. The molecular weight excluding hydrogens is 316 g/mol. The first-order valence-corrected chi connectivity index (χ1v) is 6.40. The van der Waals surface area contributed by atoms with Gasteiger partial charge in [0.1, 0.15) is 12.1 Å². The lowest BCUT2D eigenvalue weighted by Crippen LogP contribution is -1.97. The summed E-state index contributed by atoms with van der Waals surface area (Å²) in [6.07, 6.45) is 6.74. The van der Waals surface area contributed by atoms with Gasteiger partial charge in [-0.2, -0.15) is 0 Å². The van der Waals surface area contributed by atoms with Gasteiger partial charge in [0.05, 0.1) is 10.4 Å². The Morgan fingerprint density at radius 3 is 2.74 bits per heavy atom. The predicted molar refractivity (Wildman–Crippen MR) is 91.1 cm³/mol. The number of fused-ring (bicyclic) bond motifs is 1. The van der Waals surface area contributed by atoms with Crippen LogP contribution in [0, 0.1) is 22.5 Å². The smallest absolute Gasteiger partial charge is 0.271 e. The van der Waals surface area contributed by atoms with E-state index in [9.17, 15) is 10.1 Å². The summed E-state index contributed by atoms with van der Waals surface area (Å²) in [4.78, 5) is 18.6. The summed E-state index contributed by atoms with van der Waals surface area (Å²) in [6.45, 7) is 0. The zero-order valence-corrected chi connectivity index (χ0v) is 12.6. The van der Waals surface area contributed by atoms with Gasteiger partial charge in [-0.1, -0.05) is 12.0 Å². The zero-order valence-electron chi connectivity index (χ0n) is 11.8. The number of aromatic nitrogens is 2. The molecule has 0 aliphatic heterocycles. The van der Waals surface area contributed by atoms with Gasteiger partial charge in [0.2, 0.25) is 0 Å². The average molecular weight is 327 g/mol. The molecule has 2 aromatic carbocycles. The van der Waals surface area contributed by atoms with Crippen LogP contribution < -0.4 is 5.32 Å². The summed E-state index contributed by atoms with van der Waals surface area (Å²) >= 11 is 0. The molecule has 0 unspecified atom stereocenters. The van der Waals surface area contributed by atoms with Crippen molar-refractivity contribution in [2.24, 2.45) is 0 Å². The van der Waals surface area contributed by atoms with Crippen molar-refractivity contribution in [2.75, 3.05) is 5.32 Å². The van der Waals surface area contributed by atoms with Gasteiger partial charge in [-0.3, -0.25) is 10.1 Å². The van der Waals surface area contributed by atoms with E-state index in [0.717, 1.165) is 11.3 Å². The Bertz CT molecular complexity index is 921. The van der Waals surface area contributed by atoms with Crippen molar-refractivity contribution in [3.63, 3.8) is 0 Å². The maximum absolute atomic E-state index is 10.8. The monoisotopic (exact) mass is 326 g/mol. The van der Waals surface area contributed by atoms with Crippen LogP contribution in [0.5, 0.6) is 0 Å².